The summed E-state index contributed by atoms with van der Waals surface area (Å²) >= 11 is 0. The number of rotatable bonds is 7. The molecule has 174 valence electrons. The Morgan fingerprint density at radius 2 is 1.91 bits per heavy atom. The van der Waals surface area contributed by atoms with E-state index in [0.29, 0.717) is 45.1 Å². The molecule has 1 aliphatic heterocycles. The third-order valence-corrected chi connectivity index (χ3v) is 6.87. The van der Waals surface area contributed by atoms with Crippen molar-refractivity contribution in [3.8, 4) is 0 Å². The van der Waals surface area contributed by atoms with E-state index in [4.69, 9.17) is 4.74 Å². The molecule has 2 fully saturated rings. The van der Waals surface area contributed by atoms with E-state index in [1.807, 2.05) is 6.07 Å². The lowest BCUT2D eigenvalue weighted by atomic mass is 9.82. The smallest absolute Gasteiger partial charge is 0.165 e. The van der Waals surface area contributed by atoms with Gasteiger partial charge in [0.2, 0.25) is 0 Å². The van der Waals surface area contributed by atoms with Gasteiger partial charge in [-0.25, -0.2) is 13.2 Å². The van der Waals surface area contributed by atoms with E-state index < -0.39 is 23.7 Å². The minimum atomic E-state index is -1.20. The van der Waals surface area contributed by atoms with Gasteiger partial charge in [-0.3, -0.25) is 14.8 Å². The average Bonchev–Trinajstić information content (AvgIpc) is 3.35. The molecule has 0 amide bonds. The van der Waals surface area contributed by atoms with Crippen molar-refractivity contribution in [2.24, 2.45) is 0 Å². The minimum absolute atomic E-state index is 0.0349. The van der Waals surface area contributed by atoms with Crippen molar-refractivity contribution in [1.82, 2.24) is 15.1 Å². The maximum atomic E-state index is 14.2. The van der Waals surface area contributed by atoms with Crippen molar-refractivity contribution in [3.05, 3.63) is 53.1 Å². The molecule has 2 aliphatic rings. The van der Waals surface area contributed by atoms with E-state index in [2.05, 4.69) is 10.2 Å². The van der Waals surface area contributed by atoms with E-state index in [1.54, 1.807) is 11.1 Å². The molecular weight excluding hydrogens is 423 g/mol. The number of nitrogens with one attached hydrogen (secondary N) is 1. The second-order valence-electron chi connectivity index (χ2n) is 8.68. The van der Waals surface area contributed by atoms with Crippen LogP contribution in [0.3, 0.4) is 0 Å². The van der Waals surface area contributed by atoms with E-state index >= 15 is 0 Å². The Hall–Kier alpha value is -2.23. The Kier molecular flexibility index (Phi) is 7.27. The molecule has 4 rings (SSSR count). The van der Waals surface area contributed by atoms with Crippen LogP contribution in [0.5, 0.6) is 0 Å². The number of H-pyrrole nitrogens is 1. The zero-order chi connectivity index (χ0) is 22.7. The van der Waals surface area contributed by atoms with E-state index in [9.17, 15) is 23.1 Å². The van der Waals surface area contributed by atoms with Crippen LogP contribution in [-0.2, 0) is 9.53 Å². The third kappa shape index (κ3) is 4.74. The first-order valence-corrected chi connectivity index (χ1v) is 11.1. The van der Waals surface area contributed by atoms with Crippen LogP contribution in [-0.4, -0.2) is 58.0 Å². The van der Waals surface area contributed by atoms with Crippen LogP contribution >= 0.6 is 0 Å². The molecule has 2 N–H and O–H groups in total. The Bertz CT molecular complexity index is 903. The van der Waals surface area contributed by atoms with Gasteiger partial charge in [-0.2, -0.15) is 5.10 Å². The lowest BCUT2D eigenvalue weighted by molar-refractivity contribution is -0.133. The van der Waals surface area contributed by atoms with Crippen LogP contribution in [0.2, 0.25) is 0 Å². The predicted octanol–water partition coefficient (Wildman–Crippen LogP) is 3.64. The van der Waals surface area contributed by atoms with Crippen molar-refractivity contribution in [3.63, 3.8) is 0 Å². The summed E-state index contributed by atoms with van der Waals surface area (Å²) in [5, 5.41) is 17.2. The topological polar surface area (TPSA) is 78.5 Å². The number of benzene rings is 1. The summed E-state index contributed by atoms with van der Waals surface area (Å²) in [6.07, 6.45) is 4.78. The second kappa shape index (κ2) is 10.1. The number of aliphatic hydroxyl groups excluding tert-OH is 1. The fourth-order valence-electron chi connectivity index (χ4n) is 5.21. The third-order valence-electron chi connectivity index (χ3n) is 6.87. The van der Waals surface area contributed by atoms with Crippen molar-refractivity contribution < 1.29 is 27.8 Å². The number of halogens is 3. The Morgan fingerprint density at radius 3 is 2.59 bits per heavy atom. The van der Waals surface area contributed by atoms with E-state index in [0.717, 1.165) is 30.7 Å². The highest BCUT2D eigenvalue weighted by Crippen LogP contribution is 2.38. The van der Waals surface area contributed by atoms with E-state index in [1.165, 1.54) is 0 Å². The van der Waals surface area contributed by atoms with Gasteiger partial charge < -0.3 is 9.84 Å². The summed E-state index contributed by atoms with van der Waals surface area (Å²) in [6.45, 7) is 0.899. The number of carbonyl (C=O) groups is 1. The number of hydrogen-bond acceptors (Lipinski definition) is 5. The number of carbonyl (C=O) groups excluding carboxylic acids is 1. The number of nitrogens with zero attached hydrogens (tertiary/aromatic N) is 2. The number of hydrogen-bond donors (Lipinski definition) is 2. The molecule has 2 heterocycles. The van der Waals surface area contributed by atoms with Crippen molar-refractivity contribution in [1.29, 1.82) is 0 Å². The van der Waals surface area contributed by atoms with Gasteiger partial charge in [0.1, 0.15) is 5.82 Å². The molecular formula is C23H28F3N3O3. The summed E-state index contributed by atoms with van der Waals surface area (Å²) in [7, 11) is 0. The quantitative estimate of drug-likeness (QED) is 0.497. The molecule has 1 aromatic heterocycles. The fraction of sp³-hybridized carbons (Fsp3) is 0.565. The highest BCUT2D eigenvalue weighted by atomic mass is 19.2. The molecule has 6 nitrogen and oxygen atoms in total. The Balaban J connectivity index is 1.40. The number of aldehydes is 1. The molecule has 1 saturated carbocycles. The van der Waals surface area contributed by atoms with Crippen LogP contribution in [0, 0.1) is 17.5 Å². The van der Waals surface area contributed by atoms with Gasteiger partial charge >= 0.3 is 0 Å². The van der Waals surface area contributed by atoms with Crippen molar-refractivity contribution >= 4 is 6.29 Å². The number of ether oxygens (including phenoxy) is 1. The molecule has 32 heavy (non-hydrogen) atoms. The Labute approximate surface area is 184 Å². The van der Waals surface area contributed by atoms with Crippen LogP contribution in [0.15, 0.2) is 24.4 Å². The standard InChI is InChI=1S/C23H28F3N3O3/c24-17-7-8-18(25)23(26)22(17)14-3-5-15(6-4-14)32-13-20-16(19-9-10-27-28-19)2-1-11-29(20)21(31)12-30/h7-10,12,14-16,20-21,31H,1-6,11,13H2,(H,27,28). The van der Waals surface area contributed by atoms with Crippen molar-refractivity contribution in [2.45, 2.75) is 68.7 Å². The Morgan fingerprint density at radius 1 is 1.16 bits per heavy atom. The maximum Gasteiger partial charge on any atom is 0.165 e. The molecule has 0 spiro atoms. The summed E-state index contributed by atoms with van der Waals surface area (Å²) in [6, 6.07) is 3.46. The highest BCUT2D eigenvalue weighted by molar-refractivity contribution is 5.55. The lowest BCUT2D eigenvalue weighted by Gasteiger charge is -2.42. The highest BCUT2D eigenvalue weighted by Gasteiger charge is 2.37. The second-order valence-corrected chi connectivity index (χ2v) is 8.68. The van der Waals surface area contributed by atoms with Gasteiger partial charge in [-0.15, -0.1) is 0 Å². The van der Waals surface area contributed by atoms with E-state index in [-0.39, 0.29) is 29.5 Å². The summed E-state index contributed by atoms with van der Waals surface area (Å²) in [4.78, 5) is 13.0. The van der Waals surface area contributed by atoms with Gasteiger partial charge in [0, 0.05) is 36.0 Å². The van der Waals surface area contributed by atoms with Gasteiger partial charge in [0.15, 0.2) is 24.1 Å². The number of piperidine rings is 1. The molecule has 2 aromatic rings. The fourth-order valence-corrected chi connectivity index (χ4v) is 5.21. The average molecular weight is 451 g/mol. The largest absolute Gasteiger partial charge is 0.377 e. The summed E-state index contributed by atoms with van der Waals surface area (Å²) in [5.41, 5.74) is 0.762. The summed E-state index contributed by atoms with van der Waals surface area (Å²) < 4.78 is 48.0. The monoisotopic (exact) mass is 451 g/mol. The van der Waals surface area contributed by atoms with Crippen LogP contribution in [0.1, 0.15) is 61.6 Å². The number of aromatic nitrogens is 2. The molecule has 3 atom stereocenters. The maximum absolute atomic E-state index is 14.2. The predicted molar refractivity (Wildman–Crippen MR) is 110 cm³/mol. The minimum Gasteiger partial charge on any atom is -0.377 e. The molecule has 1 saturated heterocycles. The molecule has 1 aromatic carbocycles. The number of aliphatic hydroxyl groups is 1. The molecule has 9 heteroatoms. The molecule has 3 unspecified atom stereocenters. The van der Waals surface area contributed by atoms with Crippen LogP contribution in [0.25, 0.3) is 0 Å². The lowest BCUT2D eigenvalue weighted by Crippen LogP contribution is -2.52. The zero-order valence-electron chi connectivity index (χ0n) is 17.7. The van der Waals surface area contributed by atoms with Gasteiger partial charge in [0.25, 0.3) is 0 Å². The van der Waals surface area contributed by atoms with Gasteiger partial charge in [-0.1, -0.05) is 0 Å². The molecule has 1 aliphatic carbocycles. The number of aromatic amines is 1. The normalized spacial score (nSPS) is 27.9. The molecule has 0 radical (unpaired) electrons. The van der Waals surface area contributed by atoms with Crippen LogP contribution < -0.4 is 0 Å². The first-order valence-electron chi connectivity index (χ1n) is 11.1. The first-order chi connectivity index (χ1) is 15.5. The van der Waals surface area contributed by atoms with Crippen LogP contribution in [0.4, 0.5) is 13.2 Å². The van der Waals surface area contributed by atoms with Gasteiger partial charge in [0.05, 0.1) is 12.7 Å². The number of likely N-dealkylation sites (tertiary alicyclic amines) is 1. The zero-order valence-corrected chi connectivity index (χ0v) is 17.7. The SMILES string of the molecule is O=CC(O)N1CCCC(c2ccn[nH]2)C1COC1CCC(c2c(F)ccc(F)c2F)CC1. The first kappa shape index (κ1) is 22.9. The molecule has 0 bridgehead atoms. The van der Waals surface area contributed by atoms with Gasteiger partial charge in [-0.05, 0) is 62.6 Å². The summed E-state index contributed by atoms with van der Waals surface area (Å²) in [5.74, 6) is -3.19. The van der Waals surface area contributed by atoms with Crippen molar-refractivity contribution in [2.75, 3.05) is 13.2 Å².